The summed E-state index contributed by atoms with van der Waals surface area (Å²) in [6, 6.07) is 7.57. The molecule has 0 unspecified atom stereocenters. The molecule has 31 heavy (non-hydrogen) atoms. The van der Waals surface area contributed by atoms with E-state index in [1.165, 1.54) is 31.0 Å². The number of aromatic nitrogens is 4. The summed E-state index contributed by atoms with van der Waals surface area (Å²) in [4.78, 5) is 34.0. The standard InChI is InChI=1S/C23H25N5O2S/c1-13-21(30)25-20-17-4-2-3-5-18(17)24-22(28(20)27-13)31-12-19(29)26-23-9-14-6-15(10-23)8-16(7-14)11-23/h2-5,14-16H,6-12H2,1H3,(H,26,29). The highest BCUT2D eigenvalue weighted by atomic mass is 32.2. The van der Waals surface area contributed by atoms with Crippen LogP contribution in [0.25, 0.3) is 16.6 Å². The molecule has 4 aliphatic rings. The molecule has 0 radical (unpaired) electrons. The van der Waals surface area contributed by atoms with Crippen LogP contribution in [-0.4, -0.2) is 36.8 Å². The summed E-state index contributed by atoms with van der Waals surface area (Å²) in [6.45, 7) is 1.64. The quantitative estimate of drug-likeness (QED) is 0.385. The number of nitrogens with one attached hydrogen (secondary N) is 1. The molecule has 1 aromatic carbocycles. The molecule has 2 heterocycles. The van der Waals surface area contributed by atoms with Crippen molar-refractivity contribution in [2.45, 2.75) is 56.1 Å². The van der Waals surface area contributed by atoms with E-state index in [0.29, 0.717) is 16.5 Å². The number of aryl methyl sites for hydroxylation is 1. The number of carbonyl (C=O) groups excluding carboxylic acids is 1. The molecule has 4 fully saturated rings. The summed E-state index contributed by atoms with van der Waals surface area (Å²) < 4.78 is 1.60. The lowest BCUT2D eigenvalue weighted by Crippen LogP contribution is -2.60. The molecule has 1 amide bonds. The van der Waals surface area contributed by atoms with Gasteiger partial charge in [0.2, 0.25) is 5.91 Å². The second kappa shape index (κ2) is 7.02. The fourth-order valence-corrected chi connectivity index (χ4v) is 7.25. The van der Waals surface area contributed by atoms with Gasteiger partial charge in [-0.25, -0.2) is 4.98 Å². The number of carbonyl (C=O) groups is 1. The van der Waals surface area contributed by atoms with Gasteiger partial charge in [-0.3, -0.25) is 9.59 Å². The molecule has 160 valence electrons. The molecule has 2 aromatic heterocycles. The van der Waals surface area contributed by atoms with E-state index in [0.717, 1.165) is 47.9 Å². The summed E-state index contributed by atoms with van der Waals surface area (Å²) in [6.07, 6.45) is 7.47. The minimum Gasteiger partial charge on any atom is -0.350 e. The van der Waals surface area contributed by atoms with Crippen molar-refractivity contribution in [3.8, 4) is 0 Å². The van der Waals surface area contributed by atoms with Crippen LogP contribution in [0.1, 0.15) is 44.2 Å². The van der Waals surface area contributed by atoms with Crippen molar-refractivity contribution in [2.24, 2.45) is 17.8 Å². The number of para-hydroxylation sites is 1. The molecule has 0 spiro atoms. The van der Waals surface area contributed by atoms with E-state index < -0.39 is 0 Å². The smallest absolute Gasteiger partial charge is 0.294 e. The van der Waals surface area contributed by atoms with Crippen molar-refractivity contribution < 1.29 is 4.79 Å². The van der Waals surface area contributed by atoms with Gasteiger partial charge in [0.25, 0.3) is 5.56 Å². The van der Waals surface area contributed by atoms with Crippen molar-refractivity contribution in [3.63, 3.8) is 0 Å². The summed E-state index contributed by atoms with van der Waals surface area (Å²) in [7, 11) is 0. The predicted molar refractivity (Wildman–Crippen MR) is 119 cm³/mol. The van der Waals surface area contributed by atoms with Crippen LogP contribution in [0.4, 0.5) is 0 Å². The maximum atomic E-state index is 13.0. The van der Waals surface area contributed by atoms with Crippen molar-refractivity contribution in [1.82, 2.24) is 24.9 Å². The Bertz CT molecular complexity index is 1230. The van der Waals surface area contributed by atoms with Crippen LogP contribution in [0.2, 0.25) is 0 Å². The molecule has 7 nitrogen and oxygen atoms in total. The highest BCUT2D eigenvalue weighted by molar-refractivity contribution is 7.99. The zero-order valence-corrected chi connectivity index (χ0v) is 18.3. The minimum absolute atomic E-state index is 0.00622. The summed E-state index contributed by atoms with van der Waals surface area (Å²) in [5, 5.41) is 9.17. The number of nitrogens with zero attached hydrogens (tertiary/aromatic N) is 4. The molecule has 0 atom stereocenters. The summed E-state index contributed by atoms with van der Waals surface area (Å²) in [5.74, 6) is 2.71. The number of amides is 1. The first kappa shape index (κ1) is 19.2. The Morgan fingerprint density at radius 3 is 2.52 bits per heavy atom. The number of rotatable bonds is 4. The number of thioether (sulfide) groups is 1. The van der Waals surface area contributed by atoms with Crippen LogP contribution < -0.4 is 10.9 Å². The number of hydrogen-bond acceptors (Lipinski definition) is 6. The minimum atomic E-state index is -0.341. The third kappa shape index (κ3) is 3.32. The zero-order valence-electron chi connectivity index (χ0n) is 17.5. The zero-order chi connectivity index (χ0) is 21.2. The highest BCUT2D eigenvalue weighted by Crippen LogP contribution is 2.55. The Morgan fingerprint density at radius 2 is 1.81 bits per heavy atom. The van der Waals surface area contributed by atoms with Crippen LogP contribution >= 0.6 is 11.8 Å². The Kier molecular flexibility index (Phi) is 4.35. The van der Waals surface area contributed by atoms with Crippen molar-refractivity contribution in [1.29, 1.82) is 0 Å². The van der Waals surface area contributed by atoms with Gasteiger partial charge in [0, 0.05) is 10.9 Å². The van der Waals surface area contributed by atoms with E-state index in [9.17, 15) is 9.59 Å². The molecule has 8 heteroatoms. The normalized spacial score (nSPS) is 29.0. The van der Waals surface area contributed by atoms with Gasteiger partial charge in [0.15, 0.2) is 10.8 Å². The molecule has 4 saturated carbocycles. The third-order valence-corrected chi connectivity index (χ3v) is 8.21. The van der Waals surface area contributed by atoms with E-state index in [4.69, 9.17) is 4.98 Å². The average Bonchev–Trinajstić information content (AvgIpc) is 2.72. The van der Waals surface area contributed by atoms with Gasteiger partial charge in [0.05, 0.1) is 11.3 Å². The van der Waals surface area contributed by atoms with Gasteiger partial charge in [0.1, 0.15) is 5.69 Å². The first-order valence-electron chi connectivity index (χ1n) is 11.1. The molecular weight excluding hydrogens is 410 g/mol. The fourth-order valence-electron chi connectivity index (χ4n) is 6.50. The maximum absolute atomic E-state index is 13.0. The van der Waals surface area contributed by atoms with Crippen LogP contribution in [0.15, 0.2) is 34.2 Å². The van der Waals surface area contributed by atoms with Gasteiger partial charge in [-0.15, -0.1) is 0 Å². The molecule has 4 aliphatic carbocycles. The molecular formula is C23H25N5O2S. The Hall–Kier alpha value is -2.48. The SMILES string of the molecule is Cc1nn2c(SCC(=O)NC34CC5CC(CC(C5)C3)C4)nc3ccccc3c2nc1=O. The highest BCUT2D eigenvalue weighted by Gasteiger charge is 2.51. The Morgan fingerprint density at radius 1 is 1.13 bits per heavy atom. The van der Waals surface area contributed by atoms with Crippen molar-refractivity contribution in [2.75, 3.05) is 5.75 Å². The van der Waals surface area contributed by atoms with Crippen LogP contribution in [0.5, 0.6) is 0 Å². The number of hydrogen-bond donors (Lipinski definition) is 1. The van der Waals surface area contributed by atoms with E-state index in [1.54, 1.807) is 11.4 Å². The number of fused-ring (bicyclic) bond motifs is 3. The van der Waals surface area contributed by atoms with Gasteiger partial charge in [-0.2, -0.15) is 14.6 Å². The number of benzene rings is 1. The molecule has 0 saturated heterocycles. The lowest BCUT2D eigenvalue weighted by molar-refractivity contribution is -0.124. The fraction of sp³-hybridized carbons (Fsp3) is 0.522. The first-order chi connectivity index (χ1) is 15.0. The van der Waals surface area contributed by atoms with E-state index in [-0.39, 0.29) is 22.8 Å². The maximum Gasteiger partial charge on any atom is 0.294 e. The van der Waals surface area contributed by atoms with Gasteiger partial charge in [-0.1, -0.05) is 23.9 Å². The van der Waals surface area contributed by atoms with E-state index in [2.05, 4.69) is 15.4 Å². The van der Waals surface area contributed by atoms with Crippen LogP contribution in [-0.2, 0) is 4.79 Å². The molecule has 7 rings (SSSR count). The first-order valence-corrected chi connectivity index (χ1v) is 12.1. The van der Waals surface area contributed by atoms with Gasteiger partial charge >= 0.3 is 0 Å². The van der Waals surface area contributed by atoms with Crippen LogP contribution in [0.3, 0.4) is 0 Å². The van der Waals surface area contributed by atoms with Crippen molar-refractivity contribution in [3.05, 3.63) is 40.3 Å². The second-order valence-electron chi connectivity index (χ2n) is 9.68. The third-order valence-electron chi connectivity index (χ3n) is 7.29. The monoisotopic (exact) mass is 435 g/mol. The van der Waals surface area contributed by atoms with Gasteiger partial charge in [-0.05, 0) is 75.3 Å². The molecule has 3 aromatic rings. The average molecular weight is 436 g/mol. The lowest BCUT2D eigenvalue weighted by atomic mass is 9.53. The van der Waals surface area contributed by atoms with E-state index in [1.807, 2.05) is 24.3 Å². The van der Waals surface area contributed by atoms with Crippen molar-refractivity contribution >= 4 is 34.2 Å². The lowest BCUT2D eigenvalue weighted by Gasteiger charge is -2.56. The summed E-state index contributed by atoms with van der Waals surface area (Å²) >= 11 is 1.35. The van der Waals surface area contributed by atoms with E-state index >= 15 is 0 Å². The molecule has 4 bridgehead atoms. The topological polar surface area (TPSA) is 89.2 Å². The Balaban J connectivity index is 1.27. The molecule has 1 N–H and O–H groups in total. The van der Waals surface area contributed by atoms with Crippen LogP contribution in [0, 0.1) is 24.7 Å². The van der Waals surface area contributed by atoms with Gasteiger partial charge < -0.3 is 5.32 Å². The largest absolute Gasteiger partial charge is 0.350 e. The summed E-state index contributed by atoms with van der Waals surface area (Å²) in [5.41, 5.74) is 1.20. The Labute approximate surface area is 184 Å². The molecule has 0 aliphatic heterocycles. The predicted octanol–water partition coefficient (Wildman–Crippen LogP) is 3.12. The second-order valence-corrected chi connectivity index (χ2v) is 10.6.